The quantitative estimate of drug-likeness (QED) is 0.0324. The van der Waals surface area contributed by atoms with Crippen LogP contribution in [0.15, 0.2) is 12.2 Å². The van der Waals surface area contributed by atoms with Gasteiger partial charge in [0, 0.05) is 6.42 Å². The molecule has 0 aromatic rings. The first-order valence-corrected chi connectivity index (χ1v) is 24.9. The first-order valence-electron chi connectivity index (χ1n) is 24.9. The molecule has 0 aromatic carbocycles. The topological polar surface area (TPSA) is 95.9 Å². The summed E-state index contributed by atoms with van der Waals surface area (Å²) >= 11 is 0. The first kappa shape index (κ1) is 54.6. The number of unbranched alkanes of at least 4 members (excludes halogenated alkanes) is 31. The molecule has 1 amide bonds. The Morgan fingerprint density at radius 3 is 1.32 bits per heavy atom. The highest BCUT2D eigenvalue weighted by molar-refractivity contribution is 5.77. The van der Waals surface area contributed by atoms with Crippen molar-refractivity contribution in [3.8, 4) is 0 Å². The highest BCUT2D eigenvalue weighted by Gasteiger charge is 2.24. The lowest BCUT2D eigenvalue weighted by Crippen LogP contribution is -2.46. The molecule has 0 fully saturated rings. The largest absolute Gasteiger partial charge is 0.462 e. The van der Waals surface area contributed by atoms with E-state index in [-0.39, 0.29) is 24.9 Å². The summed E-state index contributed by atoms with van der Waals surface area (Å²) in [5, 5.41) is 23.7. The molecule has 3 N–H and O–H groups in total. The first-order chi connectivity index (χ1) is 27.5. The van der Waals surface area contributed by atoms with E-state index < -0.39 is 18.2 Å². The minimum absolute atomic E-state index is 0.0811. The molecular weight excluding hydrogens is 695 g/mol. The van der Waals surface area contributed by atoms with Gasteiger partial charge in [-0.25, -0.2) is 0 Å². The van der Waals surface area contributed by atoms with Gasteiger partial charge >= 0.3 is 5.97 Å². The Balaban J connectivity index is 4.54. The van der Waals surface area contributed by atoms with Crippen LogP contribution in [-0.4, -0.2) is 46.9 Å². The zero-order chi connectivity index (χ0) is 41.0. The molecule has 0 rings (SSSR count). The fraction of sp³-hybridized carbons (Fsp3) is 0.920. The molecule has 0 radical (unpaired) electrons. The minimum Gasteiger partial charge on any atom is -0.462 e. The number of amides is 1. The number of hydrogen-bond donors (Lipinski definition) is 3. The number of nitrogens with one attached hydrogen (secondary N) is 1. The molecule has 0 aliphatic carbocycles. The van der Waals surface area contributed by atoms with Crippen molar-refractivity contribution in [2.24, 2.45) is 0 Å². The van der Waals surface area contributed by atoms with Crippen molar-refractivity contribution in [2.75, 3.05) is 6.61 Å². The average molecular weight is 792 g/mol. The van der Waals surface area contributed by atoms with Crippen LogP contribution in [0.2, 0.25) is 0 Å². The van der Waals surface area contributed by atoms with Gasteiger partial charge in [-0.3, -0.25) is 9.59 Å². The number of esters is 1. The Bertz CT molecular complexity index is 847. The van der Waals surface area contributed by atoms with Crippen molar-refractivity contribution in [2.45, 2.75) is 289 Å². The lowest BCUT2D eigenvalue weighted by atomic mass is 10.0. The fourth-order valence-corrected chi connectivity index (χ4v) is 7.77. The second kappa shape index (κ2) is 44.7. The summed E-state index contributed by atoms with van der Waals surface area (Å²) in [6, 6.07) is -0.695. The van der Waals surface area contributed by atoms with E-state index >= 15 is 0 Å². The van der Waals surface area contributed by atoms with E-state index in [0.29, 0.717) is 19.3 Å². The Morgan fingerprint density at radius 1 is 0.500 bits per heavy atom. The number of hydrogen-bond acceptors (Lipinski definition) is 5. The van der Waals surface area contributed by atoms with Gasteiger partial charge in [-0.15, -0.1) is 0 Å². The molecule has 3 unspecified atom stereocenters. The van der Waals surface area contributed by atoms with Crippen LogP contribution < -0.4 is 5.32 Å². The summed E-state index contributed by atoms with van der Waals surface area (Å²) in [4.78, 5) is 26.0. The normalized spacial score (nSPS) is 13.3. The highest BCUT2D eigenvalue weighted by Crippen LogP contribution is 2.18. The number of ether oxygens (including phenoxy) is 1. The molecule has 56 heavy (non-hydrogen) atoms. The van der Waals surface area contributed by atoms with Crippen LogP contribution in [0.5, 0.6) is 0 Å². The van der Waals surface area contributed by atoms with Gasteiger partial charge in [0.25, 0.3) is 0 Å². The van der Waals surface area contributed by atoms with Crippen LogP contribution >= 0.6 is 0 Å². The monoisotopic (exact) mass is 792 g/mol. The second-order valence-corrected chi connectivity index (χ2v) is 17.2. The third-order valence-corrected chi connectivity index (χ3v) is 11.6. The van der Waals surface area contributed by atoms with Gasteiger partial charge in [0.2, 0.25) is 5.91 Å². The smallest absolute Gasteiger partial charge is 0.306 e. The molecule has 0 spiro atoms. The standard InChI is InChI=1S/C50H97NO5/c1-4-7-10-13-16-19-22-23-24-25-26-28-29-32-35-38-41-46(56-50(55)43-40-37-34-31-27-20-17-14-11-8-5-2)44-49(54)51-47(45-52)48(53)42-39-36-33-30-21-18-15-12-9-6-3/h14,17,46-48,52-53H,4-13,15-16,18-45H2,1-3H3,(H,51,54)/b17-14-. The molecule has 6 heteroatoms. The van der Waals surface area contributed by atoms with E-state index in [1.807, 2.05) is 0 Å². The fourth-order valence-electron chi connectivity index (χ4n) is 7.77. The van der Waals surface area contributed by atoms with Crippen molar-refractivity contribution in [3.63, 3.8) is 0 Å². The minimum atomic E-state index is -0.781. The third kappa shape index (κ3) is 39.4. The number of carbonyl (C=O) groups is 2. The van der Waals surface area contributed by atoms with Crippen LogP contribution in [0.3, 0.4) is 0 Å². The summed E-state index contributed by atoms with van der Waals surface area (Å²) in [5.74, 6) is -0.470. The summed E-state index contributed by atoms with van der Waals surface area (Å²) in [6.45, 7) is 6.45. The van der Waals surface area contributed by atoms with Crippen molar-refractivity contribution < 1.29 is 24.5 Å². The Hall–Kier alpha value is -1.40. The molecule has 3 atom stereocenters. The van der Waals surface area contributed by atoms with Crippen LogP contribution in [0, 0.1) is 0 Å². The summed E-state index contributed by atoms with van der Waals surface area (Å²) in [6.07, 6.45) is 48.4. The molecule has 0 saturated heterocycles. The zero-order valence-electron chi connectivity index (χ0n) is 37.8. The van der Waals surface area contributed by atoms with Crippen LogP contribution in [0.1, 0.15) is 271 Å². The van der Waals surface area contributed by atoms with Crippen molar-refractivity contribution in [1.29, 1.82) is 0 Å². The Kier molecular flexibility index (Phi) is 43.6. The predicted octanol–water partition coefficient (Wildman–Crippen LogP) is 14.6. The van der Waals surface area contributed by atoms with Gasteiger partial charge in [-0.05, 0) is 44.9 Å². The summed E-state index contributed by atoms with van der Waals surface area (Å²) < 4.78 is 5.92. The number of allylic oxidation sites excluding steroid dienone is 2. The van der Waals surface area contributed by atoms with Crippen LogP contribution in [0.25, 0.3) is 0 Å². The van der Waals surface area contributed by atoms with E-state index in [0.717, 1.165) is 51.4 Å². The second-order valence-electron chi connectivity index (χ2n) is 17.2. The average Bonchev–Trinajstić information content (AvgIpc) is 3.19. The number of carbonyl (C=O) groups excluding carboxylic acids is 2. The van der Waals surface area contributed by atoms with Crippen molar-refractivity contribution >= 4 is 11.9 Å². The van der Waals surface area contributed by atoms with Gasteiger partial charge in [0.1, 0.15) is 6.10 Å². The van der Waals surface area contributed by atoms with Crippen molar-refractivity contribution in [3.05, 3.63) is 12.2 Å². The van der Waals surface area contributed by atoms with E-state index in [4.69, 9.17) is 4.74 Å². The molecule has 6 nitrogen and oxygen atoms in total. The van der Waals surface area contributed by atoms with Gasteiger partial charge in [-0.2, -0.15) is 0 Å². The molecule has 0 heterocycles. The lowest BCUT2D eigenvalue weighted by Gasteiger charge is -2.24. The maximum atomic E-state index is 13.2. The third-order valence-electron chi connectivity index (χ3n) is 11.6. The number of aliphatic hydroxyl groups is 2. The number of rotatable bonds is 45. The molecule has 0 bridgehead atoms. The van der Waals surface area contributed by atoms with E-state index in [1.54, 1.807) is 0 Å². The van der Waals surface area contributed by atoms with Crippen LogP contribution in [0.4, 0.5) is 0 Å². The Labute approximate surface area is 349 Å². The van der Waals surface area contributed by atoms with E-state index in [9.17, 15) is 19.8 Å². The molecular formula is C50H97NO5. The van der Waals surface area contributed by atoms with Gasteiger partial charge in [0.05, 0.1) is 25.2 Å². The number of aliphatic hydroxyl groups excluding tert-OH is 2. The molecule has 0 aromatic heterocycles. The molecule has 0 aliphatic rings. The SMILES string of the molecule is CCCC/C=C\CCCCCCCC(=O)OC(CCCCCCCCCCCCCCCCCC)CC(=O)NC(CO)C(O)CCCCCCCCCCCC. The summed E-state index contributed by atoms with van der Waals surface area (Å²) in [5.41, 5.74) is 0. The Morgan fingerprint density at radius 2 is 0.875 bits per heavy atom. The zero-order valence-corrected chi connectivity index (χ0v) is 37.8. The summed E-state index contributed by atoms with van der Waals surface area (Å²) in [7, 11) is 0. The molecule has 332 valence electrons. The van der Waals surface area contributed by atoms with E-state index in [1.165, 1.54) is 173 Å². The molecule has 0 aliphatic heterocycles. The highest BCUT2D eigenvalue weighted by atomic mass is 16.5. The van der Waals surface area contributed by atoms with Gasteiger partial charge < -0.3 is 20.3 Å². The maximum absolute atomic E-state index is 13.2. The lowest BCUT2D eigenvalue weighted by molar-refractivity contribution is -0.151. The van der Waals surface area contributed by atoms with Crippen molar-refractivity contribution in [1.82, 2.24) is 5.32 Å². The van der Waals surface area contributed by atoms with Gasteiger partial charge in [-0.1, -0.05) is 226 Å². The van der Waals surface area contributed by atoms with E-state index in [2.05, 4.69) is 38.2 Å². The maximum Gasteiger partial charge on any atom is 0.306 e. The molecule has 0 saturated carbocycles. The predicted molar refractivity (Wildman–Crippen MR) is 241 cm³/mol. The van der Waals surface area contributed by atoms with Crippen LogP contribution in [-0.2, 0) is 14.3 Å². The van der Waals surface area contributed by atoms with Gasteiger partial charge in [0.15, 0.2) is 0 Å².